The maximum atomic E-state index is 11.7. The number of carbonyl (C=O) groups is 2. The molecule has 0 fully saturated rings. The number of aromatic nitrogens is 2. The first-order valence-corrected chi connectivity index (χ1v) is 7.26. The first-order valence-electron chi connectivity index (χ1n) is 6.89. The monoisotopic (exact) mass is 324 g/mol. The normalized spacial score (nSPS) is 10.5. The Morgan fingerprint density at radius 2 is 2.14 bits per heavy atom. The van der Waals surface area contributed by atoms with Crippen LogP contribution in [0.25, 0.3) is 5.65 Å². The molecule has 8 heteroatoms. The Morgan fingerprint density at radius 3 is 2.91 bits per heavy atom. The molecule has 2 amide bonds. The first kappa shape index (κ1) is 16.1. The lowest BCUT2D eigenvalue weighted by Gasteiger charge is -2.05. The molecule has 2 aromatic rings. The number of carbonyl (C=O) groups excluding carboxylic acids is 2. The average Bonchev–Trinajstić information content (AvgIpc) is 2.87. The highest BCUT2D eigenvalue weighted by atomic mass is 35.5. The van der Waals surface area contributed by atoms with Gasteiger partial charge in [-0.15, -0.1) is 0 Å². The van der Waals surface area contributed by atoms with Crippen LogP contribution in [0.4, 0.5) is 4.79 Å². The second kappa shape index (κ2) is 7.65. The van der Waals surface area contributed by atoms with Crippen LogP contribution in [-0.2, 0) is 16.1 Å². The van der Waals surface area contributed by atoms with Crippen LogP contribution in [0.3, 0.4) is 0 Å². The summed E-state index contributed by atoms with van der Waals surface area (Å²) in [5.41, 5.74) is 1.49. The molecule has 0 unspecified atom stereocenters. The summed E-state index contributed by atoms with van der Waals surface area (Å²) in [5, 5.41) is 5.84. The van der Waals surface area contributed by atoms with E-state index in [1.54, 1.807) is 35.9 Å². The highest BCUT2D eigenvalue weighted by Gasteiger charge is 2.06. The Morgan fingerprint density at radius 1 is 1.32 bits per heavy atom. The lowest BCUT2D eigenvalue weighted by molar-refractivity contribution is -0.121. The molecule has 0 saturated heterocycles. The fraction of sp³-hybridized carbons (Fsp3) is 0.357. The highest BCUT2D eigenvalue weighted by molar-refractivity contribution is 6.30. The van der Waals surface area contributed by atoms with E-state index >= 15 is 0 Å². The maximum Gasteiger partial charge on any atom is 0.407 e. The second-order valence-corrected chi connectivity index (χ2v) is 4.96. The Balaban J connectivity index is 1.76. The summed E-state index contributed by atoms with van der Waals surface area (Å²) in [4.78, 5) is 27.1. The van der Waals surface area contributed by atoms with Crippen molar-refractivity contribution in [3.05, 3.63) is 35.2 Å². The van der Waals surface area contributed by atoms with E-state index in [2.05, 4.69) is 15.6 Å². The lowest BCUT2D eigenvalue weighted by atomic mass is 10.4. The van der Waals surface area contributed by atoms with Gasteiger partial charge in [0.2, 0.25) is 5.91 Å². The molecule has 0 aliphatic carbocycles. The predicted molar refractivity (Wildman–Crippen MR) is 81.7 cm³/mol. The number of rotatable bonds is 6. The summed E-state index contributed by atoms with van der Waals surface area (Å²) in [6, 6.07) is 3.56. The smallest absolute Gasteiger partial charge is 0.407 e. The predicted octanol–water partition coefficient (Wildman–Crippen LogP) is 1.74. The first-order chi connectivity index (χ1) is 10.6. The number of hydrogen-bond donors (Lipinski definition) is 2. The van der Waals surface area contributed by atoms with Gasteiger partial charge in [0.25, 0.3) is 0 Å². The minimum atomic E-state index is -0.521. The molecule has 0 aliphatic heterocycles. The van der Waals surface area contributed by atoms with Gasteiger partial charge in [0.05, 0.1) is 23.9 Å². The summed E-state index contributed by atoms with van der Waals surface area (Å²) in [6.45, 7) is 2.56. The summed E-state index contributed by atoms with van der Waals surface area (Å²) in [5.74, 6) is -0.174. The molecule has 2 N–H and O–H groups in total. The minimum absolute atomic E-state index is 0.174. The fourth-order valence-electron chi connectivity index (χ4n) is 1.84. The van der Waals surface area contributed by atoms with Crippen molar-refractivity contribution in [3.63, 3.8) is 0 Å². The Kier molecular flexibility index (Phi) is 5.60. The van der Waals surface area contributed by atoms with Gasteiger partial charge in [-0.05, 0) is 19.1 Å². The topological polar surface area (TPSA) is 84.7 Å². The third-order valence-electron chi connectivity index (χ3n) is 2.83. The summed E-state index contributed by atoms with van der Waals surface area (Å²) < 4.78 is 6.49. The molecule has 0 spiro atoms. The van der Waals surface area contributed by atoms with E-state index in [-0.39, 0.29) is 18.9 Å². The molecule has 0 bridgehead atoms. The molecular weight excluding hydrogens is 308 g/mol. The SMILES string of the molecule is CCOC(=O)NCCC(=O)NCc1cn2cc(Cl)ccc2n1. The van der Waals surface area contributed by atoms with Crippen molar-refractivity contribution < 1.29 is 14.3 Å². The van der Waals surface area contributed by atoms with Gasteiger partial charge in [-0.25, -0.2) is 9.78 Å². The van der Waals surface area contributed by atoms with Crippen LogP contribution < -0.4 is 10.6 Å². The molecule has 2 heterocycles. The Hall–Kier alpha value is -2.28. The van der Waals surface area contributed by atoms with Gasteiger partial charge in [0, 0.05) is 25.4 Å². The number of nitrogens with one attached hydrogen (secondary N) is 2. The third kappa shape index (κ3) is 4.63. The number of amides is 2. The van der Waals surface area contributed by atoms with Crippen molar-refractivity contribution in [2.75, 3.05) is 13.2 Å². The molecule has 0 aliphatic rings. The van der Waals surface area contributed by atoms with Crippen LogP contribution in [-0.4, -0.2) is 34.5 Å². The van der Waals surface area contributed by atoms with Crippen LogP contribution in [0.15, 0.2) is 24.5 Å². The molecule has 2 rings (SSSR count). The average molecular weight is 325 g/mol. The van der Waals surface area contributed by atoms with E-state index in [0.717, 1.165) is 11.3 Å². The van der Waals surface area contributed by atoms with Crippen molar-refractivity contribution in [1.29, 1.82) is 0 Å². The molecule has 2 aromatic heterocycles. The zero-order chi connectivity index (χ0) is 15.9. The second-order valence-electron chi connectivity index (χ2n) is 4.52. The largest absolute Gasteiger partial charge is 0.450 e. The van der Waals surface area contributed by atoms with Gasteiger partial charge < -0.3 is 19.8 Å². The zero-order valence-corrected chi connectivity index (χ0v) is 12.9. The van der Waals surface area contributed by atoms with Gasteiger partial charge in [-0.3, -0.25) is 4.79 Å². The van der Waals surface area contributed by atoms with Crippen LogP contribution in [0.5, 0.6) is 0 Å². The zero-order valence-electron chi connectivity index (χ0n) is 12.1. The van der Waals surface area contributed by atoms with Gasteiger partial charge in [-0.2, -0.15) is 0 Å². The van der Waals surface area contributed by atoms with Crippen molar-refractivity contribution in [1.82, 2.24) is 20.0 Å². The van der Waals surface area contributed by atoms with E-state index in [1.165, 1.54) is 0 Å². The van der Waals surface area contributed by atoms with Crippen molar-refractivity contribution in [3.8, 4) is 0 Å². The van der Waals surface area contributed by atoms with Crippen molar-refractivity contribution >= 4 is 29.2 Å². The molecular formula is C14H17ClN4O3. The molecule has 0 aromatic carbocycles. The van der Waals surface area contributed by atoms with E-state index in [0.29, 0.717) is 18.2 Å². The summed E-state index contributed by atoms with van der Waals surface area (Å²) in [6.07, 6.45) is 3.21. The van der Waals surface area contributed by atoms with Gasteiger partial charge in [-0.1, -0.05) is 11.6 Å². The number of nitrogens with zero attached hydrogens (tertiary/aromatic N) is 2. The molecule has 0 saturated carbocycles. The third-order valence-corrected chi connectivity index (χ3v) is 3.05. The molecule has 0 atom stereocenters. The number of pyridine rings is 1. The maximum absolute atomic E-state index is 11.7. The van der Waals surface area contributed by atoms with Crippen LogP contribution in [0.1, 0.15) is 19.0 Å². The highest BCUT2D eigenvalue weighted by Crippen LogP contribution is 2.11. The number of hydrogen-bond acceptors (Lipinski definition) is 4. The van der Waals surface area contributed by atoms with E-state index < -0.39 is 6.09 Å². The molecule has 0 radical (unpaired) electrons. The lowest BCUT2D eigenvalue weighted by Crippen LogP contribution is -2.30. The van der Waals surface area contributed by atoms with Gasteiger partial charge in [0.15, 0.2) is 0 Å². The minimum Gasteiger partial charge on any atom is -0.450 e. The van der Waals surface area contributed by atoms with Crippen LogP contribution in [0, 0.1) is 0 Å². The molecule has 22 heavy (non-hydrogen) atoms. The van der Waals surface area contributed by atoms with E-state index in [9.17, 15) is 9.59 Å². The van der Waals surface area contributed by atoms with E-state index in [1.807, 2.05) is 0 Å². The van der Waals surface area contributed by atoms with Crippen LogP contribution in [0.2, 0.25) is 5.02 Å². The molecule has 7 nitrogen and oxygen atoms in total. The Labute approximate surface area is 132 Å². The fourth-order valence-corrected chi connectivity index (χ4v) is 2.01. The van der Waals surface area contributed by atoms with Crippen molar-refractivity contribution in [2.45, 2.75) is 19.9 Å². The summed E-state index contributed by atoms with van der Waals surface area (Å²) in [7, 11) is 0. The van der Waals surface area contributed by atoms with Gasteiger partial charge >= 0.3 is 6.09 Å². The quantitative estimate of drug-likeness (QED) is 0.847. The number of imidazole rings is 1. The number of alkyl carbamates (subject to hydrolysis) is 1. The number of ether oxygens (including phenoxy) is 1. The molecule has 118 valence electrons. The Bertz CT molecular complexity index is 671. The number of fused-ring (bicyclic) bond motifs is 1. The standard InChI is InChI=1S/C14H17ClN4O3/c1-2-22-14(21)16-6-5-13(20)17-7-11-9-19-8-10(15)3-4-12(19)18-11/h3-4,8-9H,2,5-7H2,1H3,(H,16,21)(H,17,20). The summed E-state index contributed by atoms with van der Waals surface area (Å²) >= 11 is 5.90. The van der Waals surface area contributed by atoms with Crippen LogP contribution >= 0.6 is 11.6 Å². The van der Waals surface area contributed by atoms with Crippen molar-refractivity contribution in [2.24, 2.45) is 0 Å². The number of halogens is 1. The van der Waals surface area contributed by atoms with E-state index in [4.69, 9.17) is 16.3 Å². The van der Waals surface area contributed by atoms with Gasteiger partial charge in [0.1, 0.15) is 5.65 Å².